The summed E-state index contributed by atoms with van der Waals surface area (Å²) in [5.74, 6) is 0.505. The van der Waals surface area contributed by atoms with Gasteiger partial charge >= 0.3 is 0 Å². The minimum absolute atomic E-state index is 0.139. The van der Waals surface area contributed by atoms with Crippen LogP contribution in [0.2, 0.25) is 0 Å². The van der Waals surface area contributed by atoms with Gasteiger partial charge in [0, 0.05) is 13.2 Å². The number of ether oxygens (including phenoxy) is 1. The normalized spacial score (nSPS) is 14.5. The largest absolute Gasteiger partial charge is 0.396 e. The van der Waals surface area contributed by atoms with Crippen LogP contribution in [-0.4, -0.2) is 82.0 Å². The first-order valence-corrected chi connectivity index (χ1v) is 8.57. The van der Waals surface area contributed by atoms with Crippen LogP contribution in [0.15, 0.2) is 0 Å². The van der Waals surface area contributed by atoms with E-state index in [0.717, 1.165) is 6.42 Å². The summed E-state index contributed by atoms with van der Waals surface area (Å²) in [5, 5.41) is 49.0. The number of aliphatic hydroxyl groups is 6. The van der Waals surface area contributed by atoms with E-state index < -0.39 is 12.2 Å². The summed E-state index contributed by atoms with van der Waals surface area (Å²) >= 11 is 0. The summed E-state index contributed by atoms with van der Waals surface area (Å²) < 4.78 is 4.84. The van der Waals surface area contributed by atoms with Gasteiger partial charge in [0.2, 0.25) is 0 Å². The molecule has 4 unspecified atom stereocenters. The molecule has 0 aromatic rings. The average molecular weight is 359 g/mol. The molecule has 4 atom stereocenters. The van der Waals surface area contributed by atoms with Crippen LogP contribution in [0.3, 0.4) is 0 Å². The van der Waals surface area contributed by atoms with E-state index in [1.165, 1.54) is 20.3 Å². The molecule has 152 valence electrons. The van der Waals surface area contributed by atoms with Gasteiger partial charge in [-0.25, -0.2) is 0 Å². The van der Waals surface area contributed by atoms with Gasteiger partial charge in [-0.1, -0.05) is 20.3 Å². The third-order valence-corrected chi connectivity index (χ3v) is 2.18. The van der Waals surface area contributed by atoms with Crippen molar-refractivity contribution in [2.75, 3.05) is 33.0 Å². The highest BCUT2D eigenvalue weighted by Gasteiger charge is 1.94. The first-order valence-electron chi connectivity index (χ1n) is 8.57. The van der Waals surface area contributed by atoms with E-state index in [1.54, 1.807) is 6.92 Å². The van der Waals surface area contributed by atoms with Gasteiger partial charge in [0.1, 0.15) is 0 Å². The highest BCUT2D eigenvalue weighted by Crippen LogP contribution is 2.01. The fourth-order valence-corrected chi connectivity index (χ4v) is 0.872. The number of hydrogen-bond donors (Lipinski definition) is 6. The third kappa shape index (κ3) is 57.6. The molecule has 0 aromatic heterocycles. The van der Waals surface area contributed by atoms with Gasteiger partial charge in [0.05, 0.1) is 38.1 Å². The van der Waals surface area contributed by atoms with Gasteiger partial charge in [0.25, 0.3) is 0 Å². The van der Waals surface area contributed by atoms with Crippen LogP contribution in [0.4, 0.5) is 0 Å². The molecule has 0 amide bonds. The van der Waals surface area contributed by atoms with Crippen LogP contribution in [0.25, 0.3) is 0 Å². The predicted molar refractivity (Wildman–Crippen MR) is 96.9 cm³/mol. The predicted octanol–water partition coefficient (Wildman–Crippen LogP) is 0.538. The molecular weight excluding hydrogens is 316 g/mol. The van der Waals surface area contributed by atoms with Crippen LogP contribution in [0.1, 0.15) is 54.4 Å². The van der Waals surface area contributed by atoms with Gasteiger partial charge < -0.3 is 35.4 Å². The molecule has 0 bridgehead atoms. The van der Waals surface area contributed by atoms with Gasteiger partial charge in [-0.15, -0.1) is 0 Å². The molecule has 0 rings (SSSR count). The van der Waals surface area contributed by atoms with Crippen LogP contribution in [0, 0.1) is 5.92 Å². The Balaban J connectivity index is -0.000000113. The number of aliphatic hydroxyl groups excluding tert-OH is 6. The summed E-state index contributed by atoms with van der Waals surface area (Å²) in [4.78, 5) is 0. The Labute approximate surface area is 147 Å². The first-order chi connectivity index (χ1) is 11.1. The molecule has 0 spiro atoms. The Morgan fingerprint density at radius 2 is 1.08 bits per heavy atom. The number of rotatable bonds is 8. The second-order valence-electron chi connectivity index (χ2n) is 5.65. The van der Waals surface area contributed by atoms with Crippen molar-refractivity contribution in [2.24, 2.45) is 5.92 Å². The maximum atomic E-state index is 8.56. The molecule has 0 saturated carbocycles. The van der Waals surface area contributed by atoms with E-state index in [1.807, 2.05) is 6.92 Å². The van der Waals surface area contributed by atoms with Gasteiger partial charge in [-0.05, 0) is 40.0 Å². The highest BCUT2D eigenvalue weighted by atomic mass is 16.5. The van der Waals surface area contributed by atoms with Gasteiger partial charge in [0.15, 0.2) is 0 Å². The minimum Gasteiger partial charge on any atom is -0.396 e. The zero-order chi connectivity index (χ0) is 20.0. The monoisotopic (exact) mass is 358 g/mol. The van der Waals surface area contributed by atoms with Crippen molar-refractivity contribution in [3.05, 3.63) is 0 Å². The molecule has 24 heavy (non-hydrogen) atoms. The van der Waals surface area contributed by atoms with E-state index in [-0.39, 0.29) is 19.3 Å². The molecule has 7 heteroatoms. The third-order valence-electron chi connectivity index (χ3n) is 2.18. The SMILES string of the molecule is CC(O)CO.CC(O)CO.CCCC(C)CO.CCOCC(C)O. The van der Waals surface area contributed by atoms with Crippen molar-refractivity contribution < 1.29 is 35.4 Å². The second kappa shape index (κ2) is 27.6. The molecule has 0 aliphatic heterocycles. The van der Waals surface area contributed by atoms with Crippen molar-refractivity contribution in [3.8, 4) is 0 Å². The van der Waals surface area contributed by atoms with Gasteiger partial charge in [-0.3, -0.25) is 0 Å². The smallest absolute Gasteiger partial charge is 0.0745 e. The molecule has 6 N–H and O–H groups in total. The Bertz CT molecular complexity index is 180. The summed E-state index contributed by atoms with van der Waals surface area (Å²) in [7, 11) is 0. The molecule has 7 nitrogen and oxygen atoms in total. The van der Waals surface area contributed by atoms with E-state index in [9.17, 15) is 0 Å². The van der Waals surface area contributed by atoms with Crippen molar-refractivity contribution in [1.82, 2.24) is 0 Å². The quantitative estimate of drug-likeness (QED) is 0.373. The molecule has 0 heterocycles. The average Bonchev–Trinajstić information content (AvgIpc) is 2.54. The lowest BCUT2D eigenvalue weighted by atomic mass is 10.1. The Hall–Kier alpha value is -0.280. The summed E-state index contributed by atoms with van der Waals surface area (Å²) in [5.41, 5.74) is 0. The molecule has 0 aliphatic rings. The summed E-state index contributed by atoms with van der Waals surface area (Å²) in [6.07, 6.45) is 0.892. The van der Waals surface area contributed by atoms with Crippen molar-refractivity contribution in [1.29, 1.82) is 0 Å². The fraction of sp³-hybridized carbons (Fsp3) is 1.00. The Morgan fingerprint density at radius 3 is 1.17 bits per heavy atom. The van der Waals surface area contributed by atoms with Gasteiger partial charge in [-0.2, -0.15) is 0 Å². The van der Waals surface area contributed by atoms with Crippen LogP contribution in [0.5, 0.6) is 0 Å². The van der Waals surface area contributed by atoms with Crippen molar-refractivity contribution >= 4 is 0 Å². The fourth-order valence-electron chi connectivity index (χ4n) is 0.872. The molecule has 0 radical (unpaired) electrons. The van der Waals surface area contributed by atoms with Crippen molar-refractivity contribution in [2.45, 2.75) is 72.7 Å². The lowest BCUT2D eigenvalue weighted by molar-refractivity contribution is 0.0527. The van der Waals surface area contributed by atoms with E-state index in [2.05, 4.69) is 13.8 Å². The molecule has 0 saturated heterocycles. The molecular formula is C17H42O7. The standard InChI is InChI=1S/C6H14O.C5H12O2.2C3H8O2/c1-3-4-6(2)5-7;1-3-7-4-5(2)6;2*1-3(5)2-4/h6-7H,3-5H2,1-2H3;5-6H,3-4H2,1-2H3;2*3-5H,2H2,1H3. The topological polar surface area (TPSA) is 131 Å². The van der Waals surface area contributed by atoms with Crippen molar-refractivity contribution in [3.63, 3.8) is 0 Å². The van der Waals surface area contributed by atoms with E-state index in [4.69, 9.17) is 35.4 Å². The van der Waals surface area contributed by atoms with E-state index >= 15 is 0 Å². The molecule has 0 aromatic carbocycles. The van der Waals surface area contributed by atoms with Crippen LogP contribution >= 0.6 is 0 Å². The second-order valence-corrected chi connectivity index (χ2v) is 5.65. The molecule has 0 fully saturated rings. The number of hydrogen-bond acceptors (Lipinski definition) is 7. The first kappa shape index (κ1) is 31.5. The lowest BCUT2D eigenvalue weighted by Crippen LogP contribution is -2.09. The summed E-state index contributed by atoms with van der Waals surface area (Å²) in [6.45, 7) is 12.1. The maximum Gasteiger partial charge on any atom is 0.0745 e. The van der Waals surface area contributed by atoms with Crippen LogP contribution in [-0.2, 0) is 4.74 Å². The maximum absolute atomic E-state index is 8.56. The Morgan fingerprint density at radius 1 is 0.708 bits per heavy atom. The van der Waals surface area contributed by atoms with Crippen LogP contribution < -0.4 is 0 Å². The minimum atomic E-state index is -0.560. The highest BCUT2D eigenvalue weighted by molar-refractivity contribution is 4.45. The molecule has 0 aliphatic carbocycles. The summed E-state index contributed by atoms with van der Waals surface area (Å²) in [6, 6.07) is 0. The zero-order valence-corrected chi connectivity index (χ0v) is 16.4. The lowest BCUT2D eigenvalue weighted by Gasteiger charge is -2.01. The zero-order valence-electron chi connectivity index (χ0n) is 16.4. The van der Waals surface area contributed by atoms with E-state index in [0.29, 0.717) is 25.7 Å². The Kier molecular flexibility index (Phi) is 36.2.